The number of benzene rings is 1. The van der Waals surface area contributed by atoms with E-state index in [-0.39, 0.29) is 6.04 Å². The molecule has 0 aliphatic carbocycles. The summed E-state index contributed by atoms with van der Waals surface area (Å²) in [5, 5.41) is 8.84. The zero-order chi connectivity index (χ0) is 18.2. The van der Waals surface area contributed by atoms with Crippen LogP contribution in [0.15, 0.2) is 53.2 Å². The van der Waals surface area contributed by atoms with Crippen molar-refractivity contribution in [3.8, 4) is 21.8 Å². The third kappa shape index (κ3) is 3.31. The zero-order valence-electron chi connectivity index (χ0n) is 14.4. The highest BCUT2D eigenvalue weighted by Crippen LogP contribution is 2.39. The number of fused-ring (bicyclic) bond motifs is 1. The molecule has 27 heavy (non-hydrogen) atoms. The minimum atomic E-state index is -0.728. The Labute approximate surface area is 167 Å². The van der Waals surface area contributed by atoms with E-state index in [4.69, 9.17) is 9.97 Å². The molecule has 1 N–H and O–H groups in total. The van der Waals surface area contributed by atoms with Gasteiger partial charge in [0.15, 0.2) is 5.82 Å². The molecular formula is C20H17N3OS3. The Balaban J connectivity index is 1.67. The maximum absolute atomic E-state index is 11.8. The van der Waals surface area contributed by atoms with Gasteiger partial charge in [-0.15, -0.1) is 22.7 Å². The largest absolute Gasteiger partial charge is 0.366 e. The van der Waals surface area contributed by atoms with Crippen LogP contribution in [0.4, 0.5) is 5.82 Å². The molecule has 0 spiro atoms. The van der Waals surface area contributed by atoms with Gasteiger partial charge in [0.25, 0.3) is 0 Å². The molecule has 0 unspecified atom stereocenters. The number of thiophene rings is 2. The lowest BCUT2D eigenvalue weighted by molar-refractivity contribution is 0.686. The van der Waals surface area contributed by atoms with Crippen LogP contribution in [0.1, 0.15) is 6.42 Å². The van der Waals surface area contributed by atoms with Gasteiger partial charge in [0, 0.05) is 39.3 Å². The predicted octanol–water partition coefficient (Wildman–Crippen LogP) is 5.02. The highest BCUT2D eigenvalue weighted by atomic mass is 32.2. The summed E-state index contributed by atoms with van der Waals surface area (Å²) < 4.78 is 11.8. The highest BCUT2D eigenvalue weighted by molar-refractivity contribution is 7.85. The van der Waals surface area contributed by atoms with E-state index in [2.05, 4.69) is 22.8 Å². The van der Waals surface area contributed by atoms with Gasteiger partial charge >= 0.3 is 0 Å². The van der Waals surface area contributed by atoms with Crippen LogP contribution < -0.4 is 5.32 Å². The van der Waals surface area contributed by atoms with E-state index in [0.717, 1.165) is 50.0 Å². The second kappa shape index (κ2) is 7.14. The molecule has 5 rings (SSSR count). The van der Waals surface area contributed by atoms with E-state index in [0.29, 0.717) is 5.75 Å². The molecule has 4 nitrogen and oxygen atoms in total. The van der Waals surface area contributed by atoms with Crippen molar-refractivity contribution < 1.29 is 4.21 Å². The van der Waals surface area contributed by atoms with Crippen LogP contribution in [0, 0.1) is 0 Å². The lowest BCUT2D eigenvalue weighted by Crippen LogP contribution is -2.20. The second-order valence-electron chi connectivity index (χ2n) is 6.51. The quantitative estimate of drug-likeness (QED) is 0.512. The molecular weight excluding hydrogens is 394 g/mol. The van der Waals surface area contributed by atoms with Crippen LogP contribution in [0.3, 0.4) is 0 Å². The molecule has 1 aliphatic rings. The smallest absolute Gasteiger partial charge is 0.173 e. The van der Waals surface area contributed by atoms with Crippen molar-refractivity contribution in [1.82, 2.24) is 9.97 Å². The maximum Gasteiger partial charge on any atom is 0.173 e. The van der Waals surface area contributed by atoms with Gasteiger partial charge in [-0.25, -0.2) is 9.97 Å². The fraction of sp³-hybridized carbons (Fsp3) is 0.200. The van der Waals surface area contributed by atoms with Crippen LogP contribution in [0.2, 0.25) is 0 Å². The molecule has 7 heteroatoms. The van der Waals surface area contributed by atoms with Crippen molar-refractivity contribution in [2.24, 2.45) is 0 Å². The Morgan fingerprint density at radius 3 is 2.70 bits per heavy atom. The lowest BCUT2D eigenvalue weighted by Gasteiger charge is -2.14. The number of rotatable bonds is 4. The number of hydrogen-bond acceptors (Lipinski definition) is 6. The second-order valence-corrected chi connectivity index (χ2v) is 9.94. The van der Waals surface area contributed by atoms with Gasteiger partial charge in [-0.3, -0.25) is 4.21 Å². The van der Waals surface area contributed by atoms with Crippen LogP contribution >= 0.6 is 22.7 Å². The molecule has 136 valence electrons. The normalized spacial score (nSPS) is 19.6. The number of nitrogens with one attached hydrogen (secondary N) is 1. The fourth-order valence-electron chi connectivity index (χ4n) is 3.36. The predicted molar refractivity (Wildman–Crippen MR) is 116 cm³/mol. The molecule has 1 saturated heterocycles. The minimum Gasteiger partial charge on any atom is -0.366 e. The zero-order valence-corrected chi connectivity index (χ0v) is 16.9. The molecule has 4 aromatic rings. The summed E-state index contributed by atoms with van der Waals surface area (Å²) in [5.41, 5.74) is 2.31. The van der Waals surface area contributed by atoms with Gasteiger partial charge < -0.3 is 5.32 Å². The van der Waals surface area contributed by atoms with Crippen LogP contribution in [-0.4, -0.2) is 31.7 Å². The summed E-state index contributed by atoms with van der Waals surface area (Å²) in [6.07, 6.45) is 0.914. The molecule has 3 aromatic heterocycles. The molecule has 1 aromatic carbocycles. The van der Waals surface area contributed by atoms with Crippen molar-refractivity contribution in [3.05, 3.63) is 53.2 Å². The van der Waals surface area contributed by atoms with Crippen molar-refractivity contribution in [2.45, 2.75) is 12.5 Å². The third-order valence-electron chi connectivity index (χ3n) is 4.68. The molecule has 1 fully saturated rings. The molecule has 4 heterocycles. The number of anilines is 1. The Kier molecular flexibility index (Phi) is 4.51. The van der Waals surface area contributed by atoms with E-state index in [1.165, 1.54) is 0 Å². The first kappa shape index (κ1) is 17.0. The van der Waals surface area contributed by atoms with Crippen LogP contribution in [-0.2, 0) is 10.8 Å². The lowest BCUT2D eigenvalue weighted by atomic mass is 10.1. The summed E-state index contributed by atoms with van der Waals surface area (Å²) in [7, 11) is -0.728. The molecule has 0 bridgehead atoms. The van der Waals surface area contributed by atoms with E-state index in [1.807, 2.05) is 35.7 Å². The molecule has 0 radical (unpaired) electrons. The summed E-state index contributed by atoms with van der Waals surface area (Å²) in [6.45, 7) is 0. The van der Waals surface area contributed by atoms with Gasteiger partial charge in [-0.05, 0) is 23.4 Å². The summed E-state index contributed by atoms with van der Waals surface area (Å²) in [5.74, 6) is 3.05. The van der Waals surface area contributed by atoms with Crippen LogP contribution in [0.25, 0.3) is 32.0 Å². The van der Waals surface area contributed by atoms with E-state index < -0.39 is 10.8 Å². The van der Waals surface area contributed by atoms with Gasteiger partial charge in [0.05, 0.1) is 10.3 Å². The number of nitrogens with zero attached hydrogens (tertiary/aromatic N) is 2. The van der Waals surface area contributed by atoms with Gasteiger partial charge in [-0.2, -0.15) is 0 Å². The fourth-order valence-corrected chi connectivity index (χ4v) is 6.38. The van der Waals surface area contributed by atoms with Crippen molar-refractivity contribution in [3.63, 3.8) is 0 Å². The molecule has 2 atom stereocenters. The van der Waals surface area contributed by atoms with Gasteiger partial charge in [0.1, 0.15) is 10.6 Å². The van der Waals surface area contributed by atoms with E-state index in [9.17, 15) is 4.21 Å². The SMILES string of the molecule is O=[S@]1CC[C@@H](Nc2nc(-c3cccs3)nc3scc(-c4ccccc4)c23)C1. The number of aromatic nitrogens is 2. The standard InChI is InChI=1S/C20H17N3OS3/c24-27-10-8-14(12-27)21-19-17-15(13-5-2-1-3-6-13)11-26-20(17)23-18(22-19)16-7-4-9-25-16/h1-7,9,11,14H,8,10,12H2,(H,21,22,23)/t14-,27+/m1/s1. The monoisotopic (exact) mass is 411 g/mol. The third-order valence-corrected chi connectivity index (χ3v) is 7.89. The van der Waals surface area contributed by atoms with Gasteiger partial charge in [0.2, 0.25) is 0 Å². The Hall–Kier alpha value is -2.09. The average Bonchev–Trinajstić information content (AvgIpc) is 3.43. The van der Waals surface area contributed by atoms with E-state index >= 15 is 0 Å². The summed E-state index contributed by atoms with van der Waals surface area (Å²) in [6, 6.07) is 14.6. The molecule has 0 amide bonds. The maximum atomic E-state index is 11.8. The first-order valence-corrected chi connectivity index (χ1v) is 12.0. The Morgan fingerprint density at radius 2 is 1.96 bits per heavy atom. The topological polar surface area (TPSA) is 54.9 Å². The Bertz CT molecular complexity index is 1110. The highest BCUT2D eigenvalue weighted by Gasteiger charge is 2.24. The van der Waals surface area contributed by atoms with Crippen molar-refractivity contribution in [2.75, 3.05) is 16.8 Å². The first-order chi connectivity index (χ1) is 13.3. The first-order valence-electron chi connectivity index (χ1n) is 8.78. The van der Waals surface area contributed by atoms with Gasteiger partial charge in [-0.1, -0.05) is 36.4 Å². The number of hydrogen-bond donors (Lipinski definition) is 1. The Morgan fingerprint density at radius 1 is 1.07 bits per heavy atom. The van der Waals surface area contributed by atoms with Crippen LogP contribution in [0.5, 0.6) is 0 Å². The van der Waals surface area contributed by atoms with Crippen molar-refractivity contribution in [1.29, 1.82) is 0 Å². The molecule has 1 aliphatic heterocycles. The minimum absolute atomic E-state index is 0.198. The van der Waals surface area contributed by atoms with Crippen molar-refractivity contribution >= 4 is 49.5 Å². The molecule has 0 saturated carbocycles. The average molecular weight is 412 g/mol. The summed E-state index contributed by atoms with van der Waals surface area (Å²) >= 11 is 3.29. The summed E-state index contributed by atoms with van der Waals surface area (Å²) in [4.78, 5) is 11.8. The van der Waals surface area contributed by atoms with E-state index in [1.54, 1.807) is 22.7 Å².